The van der Waals surface area contributed by atoms with E-state index < -0.39 is 0 Å². The van der Waals surface area contributed by atoms with Crippen molar-refractivity contribution in [3.05, 3.63) is 22.7 Å². The second-order valence-electron chi connectivity index (χ2n) is 1.61. The molecule has 1 heterocycles. The van der Waals surface area contributed by atoms with Gasteiger partial charge in [-0.1, -0.05) is 0 Å². The quantitative estimate of drug-likeness (QED) is 0.470. The van der Waals surface area contributed by atoms with E-state index in [1.54, 1.807) is 0 Å². The molecule has 4 heteroatoms. The molecule has 0 saturated carbocycles. The molecule has 0 unspecified atom stereocenters. The number of hydrogen-bond donors (Lipinski definition) is 0. The topological polar surface area (TPSA) is 42.9 Å². The van der Waals surface area contributed by atoms with E-state index in [4.69, 9.17) is 0 Å². The number of hydrogen-bond acceptors (Lipinski definition) is 3. The van der Waals surface area contributed by atoms with E-state index in [-0.39, 0.29) is 0 Å². The Morgan fingerprint density at radius 2 is 2.27 bits per heavy atom. The van der Waals surface area contributed by atoms with Crippen molar-refractivity contribution in [3.8, 4) is 11.8 Å². The average molecular weight is 211 g/mol. The number of carbonyl (C=O) groups excluding carboxylic acids is 1. The second kappa shape index (κ2) is 3.84. The van der Waals surface area contributed by atoms with Gasteiger partial charge in [-0.25, -0.2) is 9.97 Å². The Balaban J connectivity index is 2.90. The van der Waals surface area contributed by atoms with Gasteiger partial charge < -0.3 is 0 Å². The molecule has 0 amide bonds. The molecule has 0 saturated heterocycles. The van der Waals surface area contributed by atoms with E-state index >= 15 is 0 Å². The molecule has 0 aromatic carbocycles. The van der Waals surface area contributed by atoms with Crippen LogP contribution in [0.25, 0.3) is 0 Å². The number of aldehydes is 1. The fraction of sp³-hybridized carbons (Fsp3) is 0. The molecule has 1 aromatic rings. The number of carbonyl (C=O) groups is 1. The average Bonchev–Trinajstić information content (AvgIpc) is 2.04. The fourth-order valence-corrected chi connectivity index (χ4v) is 0.685. The van der Waals surface area contributed by atoms with Gasteiger partial charge in [0, 0.05) is 0 Å². The van der Waals surface area contributed by atoms with Crippen LogP contribution in [0.5, 0.6) is 0 Å². The molecule has 0 radical (unpaired) electrons. The molecular formula is C7H3BrN2O. The maximum absolute atomic E-state index is 9.81. The van der Waals surface area contributed by atoms with Gasteiger partial charge in [0.25, 0.3) is 0 Å². The maximum Gasteiger partial charge on any atom is 0.193 e. The van der Waals surface area contributed by atoms with Gasteiger partial charge in [-0.3, -0.25) is 4.79 Å². The largest absolute Gasteiger partial charge is 0.289 e. The van der Waals surface area contributed by atoms with Gasteiger partial charge in [0.15, 0.2) is 6.29 Å². The van der Waals surface area contributed by atoms with Crippen molar-refractivity contribution >= 4 is 22.2 Å². The Labute approximate surface area is 72.0 Å². The number of rotatable bonds is 0. The molecular weight excluding hydrogens is 208 g/mol. The van der Waals surface area contributed by atoms with Crippen LogP contribution in [0.15, 0.2) is 17.0 Å². The van der Waals surface area contributed by atoms with Crippen LogP contribution in [0, 0.1) is 11.8 Å². The number of aromatic nitrogens is 2. The summed E-state index contributed by atoms with van der Waals surface area (Å²) in [5.41, 5.74) is 0.486. The first-order valence-electron chi connectivity index (χ1n) is 2.75. The maximum atomic E-state index is 9.81. The summed E-state index contributed by atoms with van der Waals surface area (Å²) in [6.45, 7) is 0. The first kappa shape index (κ1) is 7.89. The lowest BCUT2D eigenvalue weighted by molar-refractivity contribution is -0.103. The number of nitrogens with zero attached hydrogens (tertiary/aromatic N) is 2. The Hall–Kier alpha value is -1.21. The molecule has 0 fully saturated rings. The van der Waals surface area contributed by atoms with Gasteiger partial charge in [-0.05, 0) is 27.8 Å². The lowest BCUT2D eigenvalue weighted by Gasteiger charge is -1.87. The molecule has 0 aliphatic rings. The first-order chi connectivity index (χ1) is 5.33. The minimum absolute atomic E-state index is 0.486. The SMILES string of the molecule is O=CC#Cc1cnc(Br)cn1. The Morgan fingerprint density at radius 3 is 2.82 bits per heavy atom. The minimum Gasteiger partial charge on any atom is -0.289 e. The smallest absolute Gasteiger partial charge is 0.193 e. The van der Waals surface area contributed by atoms with Gasteiger partial charge >= 0.3 is 0 Å². The van der Waals surface area contributed by atoms with Gasteiger partial charge in [-0.15, -0.1) is 0 Å². The highest BCUT2D eigenvalue weighted by molar-refractivity contribution is 9.10. The zero-order valence-electron chi connectivity index (χ0n) is 5.41. The number of halogens is 1. The summed E-state index contributed by atoms with van der Waals surface area (Å²) < 4.78 is 0.647. The van der Waals surface area contributed by atoms with Crippen LogP contribution in [-0.4, -0.2) is 16.3 Å². The van der Waals surface area contributed by atoms with Crippen LogP contribution in [0.4, 0.5) is 0 Å². The Morgan fingerprint density at radius 1 is 1.45 bits per heavy atom. The van der Waals surface area contributed by atoms with Crippen molar-refractivity contribution < 1.29 is 4.79 Å². The van der Waals surface area contributed by atoms with Crippen LogP contribution in [0.1, 0.15) is 5.69 Å². The molecule has 0 aliphatic heterocycles. The van der Waals surface area contributed by atoms with Gasteiger partial charge in [-0.2, -0.15) is 0 Å². The Kier molecular flexibility index (Phi) is 2.75. The summed E-state index contributed by atoms with van der Waals surface area (Å²) in [6.07, 6.45) is 3.53. The van der Waals surface area contributed by atoms with Crippen LogP contribution in [-0.2, 0) is 4.79 Å². The fourth-order valence-electron chi connectivity index (χ4n) is 0.480. The van der Waals surface area contributed by atoms with Crippen LogP contribution in [0.3, 0.4) is 0 Å². The molecule has 0 aliphatic carbocycles. The molecule has 54 valence electrons. The van der Waals surface area contributed by atoms with E-state index in [9.17, 15) is 4.79 Å². The van der Waals surface area contributed by atoms with Crippen LogP contribution in [0.2, 0.25) is 0 Å². The lowest BCUT2D eigenvalue weighted by atomic mass is 10.4. The van der Waals surface area contributed by atoms with Crippen molar-refractivity contribution in [1.82, 2.24) is 9.97 Å². The van der Waals surface area contributed by atoms with Crippen molar-refractivity contribution in [2.75, 3.05) is 0 Å². The summed E-state index contributed by atoms with van der Waals surface area (Å²) in [4.78, 5) is 17.6. The van der Waals surface area contributed by atoms with Gasteiger partial charge in [0.2, 0.25) is 0 Å². The second-order valence-corrected chi connectivity index (χ2v) is 2.42. The zero-order chi connectivity index (χ0) is 8.10. The highest BCUT2D eigenvalue weighted by Gasteiger charge is 1.88. The molecule has 0 N–H and O–H groups in total. The monoisotopic (exact) mass is 210 g/mol. The molecule has 0 bridgehead atoms. The standard InChI is InChI=1S/C7H3BrN2O/c8-7-5-9-6(4-10-7)2-1-3-11/h3-5H. The van der Waals surface area contributed by atoms with Crippen molar-refractivity contribution in [3.63, 3.8) is 0 Å². The third-order valence-electron chi connectivity index (χ3n) is 0.879. The molecule has 1 rings (SSSR count). The van der Waals surface area contributed by atoms with E-state index in [1.165, 1.54) is 12.4 Å². The third kappa shape index (κ3) is 2.48. The van der Waals surface area contributed by atoms with Gasteiger partial charge in [0.05, 0.1) is 12.4 Å². The molecule has 0 atom stereocenters. The molecule has 11 heavy (non-hydrogen) atoms. The normalized spacial score (nSPS) is 8.09. The van der Waals surface area contributed by atoms with E-state index in [0.717, 1.165) is 0 Å². The molecule has 1 aromatic heterocycles. The summed E-state index contributed by atoms with van der Waals surface area (Å²) in [5, 5.41) is 0. The van der Waals surface area contributed by atoms with E-state index in [1.807, 2.05) is 0 Å². The Bertz CT molecular complexity index is 309. The molecule has 0 spiro atoms. The first-order valence-corrected chi connectivity index (χ1v) is 3.55. The third-order valence-corrected chi connectivity index (χ3v) is 1.29. The molecule has 3 nitrogen and oxygen atoms in total. The lowest BCUT2D eigenvalue weighted by Crippen LogP contribution is -1.84. The predicted octanol–water partition coefficient (Wildman–Crippen LogP) is 0.790. The van der Waals surface area contributed by atoms with Crippen LogP contribution >= 0.6 is 15.9 Å². The summed E-state index contributed by atoms with van der Waals surface area (Å²) in [5.74, 6) is 4.74. The van der Waals surface area contributed by atoms with Gasteiger partial charge in [0.1, 0.15) is 10.3 Å². The minimum atomic E-state index is 0.486. The van der Waals surface area contributed by atoms with Crippen molar-refractivity contribution in [2.45, 2.75) is 0 Å². The highest BCUT2D eigenvalue weighted by Crippen LogP contribution is 2.01. The highest BCUT2D eigenvalue weighted by atomic mass is 79.9. The summed E-state index contributed by atoms with van der Waals surface area (Å²) in [6, 6.07) is 0. The van der Waals surface area contributed by atoms with E-state index in [2.05, 4.69) is 37.7 Å². The predicted molar refractivity (Wildman–Crippen MR) is 42.7 cm³/mol. The zero-order valence-corrected chi connectivity index (χ0v) is 7.00. The van der Waals surface area contributed by atoms with Crippen molar-refractivity contribution in [2.24, 2.45) is 0 Å². The summed E-state index contributed by atoms with van der Waals surface area (Å²) >= 11 is 3.12. The van der Waals surface area contributed by atoms with Crippen molar-refractivity contribution in [1.29, 1.82) is 0 Å². The van der Waals surface area contributed by atoms with Crippen LogP contribution < -0.4 is 0 Å². The summed E-state index contributed by atoms with van der Waals surface area (Å²) in [7, 11) is 0. The van der Waals surface area contributed by atoms with E-state index in [0.29, 0.717) is 16.6 Å².